The fourth-order valence-electron chi connectivity index (χ4n) is 1.96. The van der Waals surface area contributed by atoms with Crippen molar-refractivity contribution in [3.05, 3.63) is 48.2 Å². The van der Waals surface area contributed by atoms with Gasteiger partial charge in [0.25, 0.3) is 0 Å². The number of benzene rings is 1. The predicted octanol–water partition coefficient (Wildman–Crippen LogP) is 2.72. The van der Waals surface area contributed by atoms with E-state index >= 15 is 0 Å². The van der Waals surface area contributed by atoms with Gasteiger partial charge in [0.2, 0.25) is 0 Å². The third-order valence-electron chi connectivity index (χ3n) is 2.88. The fraction of sp³-hybridized carbons (Fsp3) is 0.0714. The van der Waals surface area contributed by atoms with Crippen molar-refractivity contribution in [3.8, 4) is 11.1 Å². The van der Waals surface area contributed by atoms with Gasteiger partial charge in [-0.2, -0.15) is 0 Å². The summed E-state index contributed by atoms with van der Waals surface area (Å²) in [5, 5.41) is 0.734. The number of nitrogens with zero attached hydrogens (tertiary/aromatic N) is 3. The summed E-state index contributed by atoms with van der Waals surface area (Å²) in [4.78, 5) is 12.5. The molecule has 2 heterocycles. The normalized spacial score (nSPS) is 10.8. The Morgan fingerprint density at radius 2 is 1.89 bits per heavy atom. The Bertz CT molecular complexity index is 770. The van der Waals surface area contributed by atoms with Gasteiger partial charge in [-0.05, 0) is 19.1 Å². The second-order valence-electron chi connectivity index (χ2n) is 4.23. The zero-order valence-corrected chi connectivity index (χ0v) is 10.3. The molecule has 0 aliphatic carbocycles. The van der Waals surface area contributed by atoms with Crippen molar-refractivity contribution in [3.63, 3.8) is 0 Å². The smallest absolute Gasteiger partial charge is 0.165 e. The minimum atomic E-state index is -0.330. The van der Waals surface area contributed by atoms with E-state index in [0.717, 1.165) is 5.39 Å². The Morgan fingerprint density at radius 3 is 2.68 bits per heavy atom. The van der Waals surface area contributed by atoms with E-state index in [1.165, 1.54) is 6.07 Å². The lowest BCUT2D eigenvalue weighted by molar-refractivity contribution is 0.631. The van der Waals surface area contributed by atoms with Crippen LogP contribution in [0.4, 0.5) is 10.2 Å². The number of nitrogen functional groups attached to an aromatic ring is 1. The number of halogens is 1. The van der Waals surface area contributed by atoms with Gasteiger partial charge in [-0.15, -0.1) is 0 Å². The van der Waals surface area contributed by atoms with Crippen LogP contribution in [-0.2, 0) is 0 Å². The highest BCUT2D eigenvalue weighted by molar-refractivity contribution is 5.86. The van der Waals surface area contributed by atoms with Crippen LogP contribution in [0.2, 0.25) is 0 Å². The fourth-order valence-corrected chi connectivity index (χ4v) is 1.96. The van der Waals surface area contributed by atoms with Gasteiger partial charge in [0.1, 0.15) is 17.5 Å². The van der Waals surface area contributed by atoms with E-state index < -0.39 is 0 Å². The molecule has 0 amide bonds. The van der Waals surface area contributed by atoms with Crippen molar-refractivity contribution in [2.75, 3.05) is 5.73 Å². The Morgan fingerprint density at radius 1 is 1.11 bits per heavy atom. The Hall–Kier alpha value is -2.56. The van der Waals surface area contributed by atoms with Crippen LogP contribution in [0.1, 0.15) is 5.82 Å². The molecule has 0 unspecified atom stereocenters. The Kier molecular flexibility index (Phi) is 2.59. The van der Waals surface area contributed by atoms with E-state index in [1.807, 2.05) is 0 Å². The first-order chi connectivity index (χ1) is 9.15. The van der Waals surface area contributed by atoms with E-state index in [-0.39, 0.29) is 11.6 Å². The minimum absolute atomic E-state index is 0.260. The summed E-state index contributed by atoms with van der Waals surface area (Å²) in [6, 6.07) is 8.22. The second-order valence-corrected chi connectivity index (χ2v) is 4.23. The van der Waals surface area contributed by atoms with Crippen molar-refractivity contribution in [1.82, 2.24) is 15.0 Å². The van der Waals surface area contributed by atoms with Gasteiger partial charge in [0.05, 0.1) is 0 Å². The number of hydrogen-bond donors (Lipinski definition) is 1. The number of fused-ring (bicyclic) bond motifs is 1. The molecule has 0 atom stereocenters. The van der Waals surface area contributed by atoms with Crippen molar-refractivity contribution in [2.45, 2.75) is 6.92 Å². The first-order valence-corrected chi connectivity index (χ1v) is 5.80. The van der Waals surface area contributed by atoms with Gasteiger partial charge in [0.15, 0.2) is 5.65 Å². The van der Waals surface area contributed by atoms with Crippen LogP contribution in [-0.4, -0.2) is 15.0 Å². The maximum absolute atomic E-state index is 13.8. The number of aromatic nitrogens is 3. The molecular formula is C14H11FN4. The van der Waals surface area contributed by atoms with Crippen LogP contribution in [0.25, 0.3) is 22.2 Å². The minimum Gasteiger partial charge on any atom is -0.383 e. The van der Waals surface area contributed by atoms with E-state index in [4.69, 9.17) is 5.73 Å². The Balaban J connectivity index is 2.28. The van der Waals surface area contributed by atoms with Crippen LogP contribution in [0.3, 0.4) is 0 Å². The largest absolute Gasteiger partial charge is 0.383 e. The van der Waals surface area contributed by atoms with Gasteiger partial charge in [0, 0.05) is 22.7 Å². The number of nitrogens with two attached hydrogens (primary N) is 1. The quantitative estimate of drug-likeness (QED) is 0.725. The predicted molar refractivity (Wildman–Crippen MR) is 71.9 cm³/mol. The highest BCUT2D eigenvalue weighted by Gasteiger charge is 2.11. The molecule has 0 aliphatic heterocycles. The third kappa shape index (κ3) is 1.99. The number of pyridine rings is 1. The van der Waals surface area contributed by atoms with Crippen molar-refractivity contribution >= 4 is 16.9 Å². The average Bonchev–Trinajstić information content (AvgIpc) is 2.39. The first-order valence-electron chi connectivity index (χ1n) is 5.80. The average molecular weight is 254 g/mol. The van der Waals surface area contributed by atoms with Crippen LogP contribution < -0.4 is 5.73 Å². The lowest BCUT2D eigenvalue weighted by Gasteiger charge is -2.08. The molecule has 19 heavy (non-hydrogen) atoms. The summed E-state index contributed by atoms with van der Waals surface area (Å²) in [5.41, 5.74) is 7.40. The van der Waals surface area contributed by atoms with Crippen LogP contribution in [0.5, 0.6) is 0 Å². The highest BCUT2D eigenvalue weighted by Crippen LogP contribution is 2.29. The molecule has 0 spiro atoms. The monoisotopic (exact) mass is 254 g/mol. The van der Waals surface area contributed by atoms with Gasteiger partial charge in [-0.1, -0.05) is 18.2 Å². The SMILES string of the molecule is Cc1ncc2cc(-c3ccccc3F)c(N)nc2n1. The van der Waals surface area contributed by atoms with Crippen molar-refractivity contribution in [2.24, 2.45) is 0 Å². The molecule has 0 fully saturated rings. The second kappa shape index (κ2) is 4.28. The molecule has 2 N–H and O–H groups in total. The van der Waals surface area contributed by atoms with Gasteiger partial charge in [-0.3, -0.25) is 0 Å². The standard InChI is InChI=1S/C14H11FN4/c1-8-17-7-9-6-11(13(16)19-14(9)18-8)10-4-2-3-5-12(10)15/h2-7H,1H3,(H2,16,17,18,19). The van der Waals surface area contributed by atoms with E-state index in [1.54, 1.807) is 37.4 Å². The molecular weight excluding hydrogens is 243 g/mol. The summed E-state index contributed by atoms with van der Waals surface area (Å²) >= 11 is 0. The van der Waals surface area contributed by atoms with Gasteiger partial charge >= 0.3 is 0 Å². The molecule has 5 heteroatoms. The van der Waals surface area contributed by atoms with Crippen LogP contribution >= 0.6 is 0 Å². The third-order valence-corrected chi connectivity index (χ3v) is 2.88. The highest BCUT2D eigenvalue weighted by atomic mass is 19.1. The molecule has 0 saturated heterocycles. The molecule has 0 bridgehead atoms. The van der Waals surface area contributed by atoms with E-state index in [0.29, 0.717) is 22.6 Å². The molecule has 0 aliphatic rings. The molecule has 0 saturated carbocycles. The van der Waals surface area contributed by atoms with Crippen LogP contribution in [0, 0.1) is 12.7 Å². The summed E-state index contributed by atoms with van der Waals surface area (Å²) in [5.74, 6) is 0.553. The topological polar surface area (TPSA) is 64.7 Å². The van der Waals surface area contributed by atoms with E-state index in [2.05, 4.69) is 15.0 Å². The van der Waals surface area contributed by atoms with Gasteiger partial charge in [-0.25, -0.2) is 19.3 Å². The van der Waals surface area contributed by atoms with Gasteiger partial charge < -0.3 is 5.73 Å². The molecule has 3 aromatic rings. The Labute approximate surface area is 109 Å². The van der Waals surface area contributed by atoms with Crippen LogP contribution in [0.15, 0.2) is 36.5 Å². The number of rotatable bonds is 1. The molecule has 1 aromatic carbocycles. The molecule has 0 radical (unpaired) electrons. The maximum Gasteiger partial charge on any atom is 0.165 e. The first kappa shape index (κ1) is 11.5. The lowest BCUT2D eigenvalue weighted by atomic mass is 10.1. The lowest BCUT2D eigenvalue weighted by Crippen LogP contribution is -1.99. The number of aryl methyl sites for hydroxylation is 1. The zero-order valence-electron chi connectivity index (χ0n) is 10.3. The summed E-state index contributed by atoms with van der Waals surface area (Å²) in [6.45, 7) is 1.78. The number of anilines is 1. The molecule has 94 valence electrons. The molecule has 3 rings (SSSR count). The van der Waals surface area contributed by atoms with Crippen molar-refractivity contribution in [1.29, 1.82) is 0 Å². The molecule has 4 nitrogen and oxygen atoms in total. The van der Waals surface area contributed by atoms with E-state index in [9.17, 15) is 4.39 Å². The maximum atomic E-state index is 13.8. The summed E-state index contributed by atoms with van der Waals surface area (Å²) in [6.07, 6.45) is 1.66. The zero-order chi connectivity index (χ0) is 13.4. The van der Waals surface area contributed by atoms with Crippen molar-refractivity contribution < 1.29 is 4.39 Å². The summed E-state index contributed by atoms with van der Waals surface area (Å²) < 4.78 is 13.8. The molecule has 2 aromatic heterocycles. The summed E-state index contributed by atoms with van der Waals surface area (Å²) in [7, 11) is 0. The number of hydrogen-bond acceptors (Lipinski definition) is 4.